The number of aliphatic hydroxyl groups is 1. The summed E-state index contributed by atoms with van der Waals surface area (Å²) in [5.41, 5.74) is -1.18. The minimum Gasteiger partial charge on any atom is -0.502 e. The van der Waals surface area contributed by atoms with Crippen LogP contribution >= 0.6 is 0 Å². The van der Waals surface area contributed by atoms with E-state index in [9.17, 15) is 32.7 Å². The molecule has 0 spiro atoms. The molecule has 0 aliphatic heterocycles. The molecule has 0 amide bonds. The van der Waals surface area contributed by atoms with Gasteiger partial charge in [-0.3, -0.25) is 0 Å². The van der Waals surface area contributed by atoms with Gasteiger partial charge in [-0.1, -0.05) is 6.58 Å². The molecule has 10 nitrogen and oxygen atoms in total. The lowest BCUT2D eigenvalue weighted by Crippen LogP contribution is -2.32. The Kier molecular flexibility index (Phi) is 10.3. The lowest BCUT2D eigenvalue weighted by Gasteiger charge is -2.24. The van der Waals surface area contributed by atoms with E-state index in [4.69, 9.17) is 14.6 Å². The van der Waals surface area contributed by atoms with E-state index in [0.29, 0.717) is 11.8 Å². The highest BCUT2D eigenvalue weighted by atomic mass is 19.4. The van der Waals surface area contributed by atoms with E-state index in [1.807, 2.05) is 0 Å². The first-order chi connectivity index (χ1) is 18.2. The van der Waals surface area contributed by atoms with Crippen molar-refractivity contribution >= 4 is 35.0 Å². The molecule has 2 aromatic rings. The van der Waals surface area contributed by atoms with E-state index in [-0.39, 0.29) is 43.1 Å². The zero-order valence-corrected chi connectivity index (χ0v) is 21.1. The molecule has 0 aliphatic rings. The second-order valence-corrected chi connectivity index (χ2v) is 8.19. The lowest BCUT2D eigenvalue weighted by molar-refractivity contribution is -0.141. The molecule has 2 N–H and O–H groups in total. The minimum absolute atomic E-state index is 0.0270. The van der Waals surface area contributed by atoms with Crippen LogP contribution in [0.1, 0.15) is 28.4 Å². The molecule has 0 fully saturated rings. The van der Waals surface area contributed by atoms with Gasteiger partial charge in [0.1, 0.15) is 18.9 Å². The van der Waals surface area contributed by atoms with Gasteiger partial charge in [-0.2, -0.15) is 18.3 Å². The number of hydrogen-bond acceptors (Lipinski definition) is 9. The Morgan fingerprint density at radius 1 is 0.949 bits per heavy atom. The molecule has 0 aliphatic carbocycles. The monoisotopic (exact) mass is 549 g/mol. The number of aliphatic hydroxyl groups excluding tert-OH is 1. The topological polar surface area (TPSA) is 138 Å². The fourth-order valence-corrected chi connectivity index (χ4v) is 3.17. The third kappa shape index (κ3) is 8.98. The molecule has 13 heteroatoms. The summed E-state index contributed by atoms with van der Waals surface area (Å²) >= 11 is 0. The van der Waals surface area contributed by atoms with Crippen molar-refractivity contribution in [2.24, 2.45) is 10.2 Å². The van der Waals surface area contributed by atoms with Crippen molar-refractivity contribution in [3.8, 4) is 0 Å². The Labute approximate surface area is 221 Å². The number of halogens is 3. The first-order valence-corrected chi connectivity index (χ1v) is 11.3. The molecule has 0 saturated heterocycles. The van der Waals surface area contributed by atoms with Gasteiger partial charge in [-0.25, -0.2) is 14.4 Å². The Hall–Kier alpha value is -4.68. The maximum atomic E-state index is 13.3. The van der Waals surface area contributed by atoms with Crippen LogP contribution in [0.5, 0.6) is 0 Å². The predicted molar refractivity (Wildman–Crippen MR) is 134 cm³/mol. The van der Waals surface area contributed by atoms with Crippen molar-refractivity contribution in [3.05, 3.63) is 77.6 Å². The molecular formula is C26H26F3N3O7. The number of aryl methyl sites for hydroxylation is 1. The van der Waals surface area contributed by atoms with Crippen LogP contribution in [-0.4, -0.2) is 54.4 Å². The number of azo groups is 1. The van der Waals surface area contributed by atoms with Crippen molar-refractivity contribution in [2.45, 2.75) is 20.0 Å². The molecule has 0 aromatic heterocycles. The Balaban J connectivity index is 2.25. The van der Waals surface area contributed by atoms with Crippen molar-refractivity contribution in [1.29, 1.82) is 0 Å². The van der Waals surface area contributed by atoms with Crippen LogP contribution < -0.4 is 4.90 Å². The standard InChI is InChI=1S/C26H26F3N3O7/c1-15(2)24(36)38-11-9-32(10-12-39-25(37)17(4)33)19-7-5-18(6-8-19)30-31-22-14-21(26(27,28)29)16(3)13-20(22)23(34)35/h5-8,13-14,33H,1,4,9-12H2,2-3H3,(H,34,35). The van der Waals surface area contributed by atoms with Crippen molar-refractivity contribution in [3.63, 3.8) is 0 Å². The zero-order chi connectivity index (χ0) is 29.3. The highest BCUT2D eigenvalue weighted by Crippen LogP contribution is 2.36. The minimum atomic E-state index is -4.70. The van der Waals surface area contributed by atoms with Gasteiger partial charge < -0.3 is 24.6 Å². The Bertz CT molecular complexity index is 1260. The summed E-state index contributed by atoms with van der Waals surface area (Å²) in [5, 5.41) is 26.1. The maximum Gasteiger partial charge on any atom is 0.416 e. The number of carbonyl (C=O) groups is 3. The molecule has 0 atom stereocenters. The highest BCUT2D eigenvalue weighted by molar-refractivity contribution is 5.94. The summed E-state index contributed by atoms with van der Waals surface area (Å²) < 4.78 is 49.9. The Morgan fingerprint density at radius 2 is 1.51 bits per heavy atom. The number of nitrogens with zero attached hydrogens (tertiary/aromatic N) is 3. The van der Waals surface area contributed by atoms with Crippen molar-refractivity contribution < 1.29 is 47.2 Å². The van der Waals surface area contributed by atoms with Crippen molar-refractivity contribution in [2.75, 3.05) is 31.2 Å². The summed E-state index contributed by atoms with van der Waals surface area (Å²) in [6.07, 6.45) is -4.70. The van der Waals surface area contributed by atoms with Crippen molar-refractivity contribution in [1.82, 2.24) is 0 Å². The van der Waals surface area contributed by atoms with Crippen LogP contribution in [0.3, 0.4) is 0 Å². The molecule has 0 bridgehead atoms. The average Bonchev–Trinajstić information content (AvgIpc) is 2.86. The van der Waals surface area contributed by atoms with E-state index in [1.54, 1.807) is 17.0 Å². The van der Waals surface area contributed by atoms with Crippen LogP contribution in [0.2, 0.25) is 0 Å². The average molecular weight is 550 g/mol. The summed E-state index contributed by atoms with van der Waals surface area (Å²) in [5.74, 6) is -3.79. The number of rotatable bonds is 12. The lowest BCUT2D eigenvalue weighted by atomic mass is 10.0. The fourth-order valence-electron chi connectivity index (χ4n) is 3.17. The van der Waals surface area contributed by atoms with Gasteiger partial charge in [0.25, 0.3) is 0 Å². The number of carbonyl (C=O) groups excluding carboxylic acids is 2. The summed E-state index contributed by atoms with van der Waals surface area (Å²) in [6, 6.07) is 7.64. The normalized spacial score (nSPS) is 11.2. The molecule has 0 saturated carbocycles. The molecule has 39 heavy (non-hydrogen) atoms. The van der Waals surface area contributed by atoms with Gasteiger partial charge >= 0.3 is 24.1 Å². The number of carboxylic acid groups (broad SMARTS) is 1. The summed E-state index contributed by atoms with van der Waals surface area (Å²) in [6.45, 7) is 9.37. The number of esters is 2. The van der Waals surface area contributed by atoms with Gasteiger partial charge in [0.15, 0.2) is 5.76 Å². The van der Waals surface area contributed by atoms with Crippen LogP contribution in [0.4, 0.5) is 30.2 Å². The van der Waals surface area contributed by atoms with E-state index >= 15 is 0 Å². The molecule has 2 rings (SSSR count). The molecule has 208 valence electrons. The quantitative estimate of drug-likeness (QED) is 0.150. The van der Waals surface area contributed by atoms with Gasteiger partial charge in [-0.15, -0.1) is 5.11 Å². The number of anilines is 1. The molecule has 0 radical (unpaired) electrons. The second kappa shape index (κ2) is 13.2. The molecule has 0 unspecified atom stereocenters. The molecule has 2 aromatic carbocycles. The third-order valence-electron chi connectivity index (χ3n) is 5.14. The van der Waals surface area contributed by atoms with Crippen LogP contribution in [-0.2, 0) is 25.2 Å². The molecule has 0 heterocycles. The number of ether oxygens (including phenoxy) is 2. The highest BCUT2D eigenvalue weighted by Gasteiger charge is 2.34. The number of benzene rings is 2. The zero-order valence-electron chi connectivity index (χ0n) is 21.1. The van der Waals surface area contributed by atoms with Gasteiger partial charge in [0.05, 0.1) is 29.9 Å². The van der Waals surface area contributed by atoms with E-state index in [1.165, 1.54) is 19.1 Å². The first kappa shape index (κ1) is 30.5. The maximum absolute atomic E-state index is 13.3. The summed E-state index contributed by atoms with van der Waals surface area (Å²) in [4.78, 5) is 36.3. The first-order valence-electron chi connectivity index (χ1n) is 11.3. The van der Waals surface area contributed by atoms with E-state index in [2.05, 4.69) is 23.4 Å². The number of carboxylic acids is 1. The number of hydrogen-bond donors (Lipinski definition) is 2. The largest absolute Gasteiger partial charge is 0.502 e. The second-order valence-electron chi connectivity index (χ2n) is 8.19. The number of alkyl halides is 3. The fraction of sp³-hybridized carbons (Fsp3) is 0.269. The predicted octanol–water partition coefficient (Wildman–Crippen LogP) is 5.67. The van der Waals surface area contributed by atoms with Gasteiger partial charge in [0, 0.05) is 11.3 Å². The summed E-state index contributed by atoms with van der Waals surface area (Å²) in [7, 11) is 0. The Morgan fingerprint density at radius 3 is 2.00 bits per heavy atom. The smallest absolute Gasteiger partial charge is 0.416 e. The molecular weight excluding hydrogens is 523 g/mol. The van der Waals surface area contributed by atoms with E-state index < -0.39 is 46.7 Å². The third-order valence-corrected chi connectivity index (χ3v) is 5.14. The van der Waals surface area contributed by atoms with Gasteiger partial charge in [-0.05, 0) is 62.4 Å². The van der Waals surface area contributed by atoms with Crippen LogP contribution in [0.25, 0.3) is 0 Å². The van der Waals surface area contributed by atoms with E-state index in [0.717, 1.165) is 13.0 Å². The number of aromatic carboxylic acids is 1. The van der Waals surface area contributed by atoms with Crippen LogP contribution in [0.15, 0.2) is 71.1 Å². The van der Waals surface area contributed by atoms with Crippen LogP contribution in [0, 0.1) is 6.92 Å². The SMILES string of the molecule is C=C(C)C(=O)OCCN(CCOC(=O)C(=C)O)c1ccc(N=Nc2cc(C(F)(F)F)c(C)cc2C(=O)O)cc1. The van der Waals surface area contributed by atoms with Gasteiger partial charge in [0.2, 0.25) is 0 Å².